The molecule has 0 spiro atoms. The number of fused-ring (bicyclic) bond motifs is 11. The molecular weight excluding hydrogens is 562 g/mol. The molecule has 0 radical (unpaired) electrons. The summed E-state index contributed by atoms with van der Waals surface area (Å²) in [5.41, 5.74) is 3.78. The summed E-state index contributed by atoms with van der Waals surface area (Å²) in [7, 11) is 0. The average Bonchev–Trinajstić information content (AvgIpc) is 3.73. The molecule has 1 unspecified atom stereocenters. The minimum absolute atomic E-state index is 0.00738. The Morgan fingerprint density at radius 2 is 1.84 bits per heavy atom. The monoisotopic (exact) mass is 595 g/mol. The number of hydrogen-bond donors (Lipinski definition) is 1. The second-order valence-corrected chi connectivity index (χ2v) is 12.1. The molecule has 226 valence electrons. The third-order valence-corrected chi connectivity index (χ3v) is 9.40. The fraction of sp³-hybridized carbons (Fsp3) is 0.424. The SMILES string of the molecule is O=C(O)[C@@H]1C[C@H]2CN1c1nc(nc3c1oc1ccccc13)CCCOCC(=O)N1CCC(CC1)C1C(=Nc3ccccc31)O2. The van der Waals surface area contributed by atoms with Gasteiger partial charge in [0.25, 0.3) is 0 Å². The van der Waals surface area contributed by atoms with Crippen molar-refractivity contribution in [3.63, 3.8) is 0 Å². The number of amides is 1. The van der Waals surface area contributed by atoms with Crippen molar-refractivity contribution in [2.24, 2.45) is 10.9 Å². The van der Waals surface area contributed by atoms with Crippen molar-refractivity contribution in [2.75, 3.05) is 37.7 Å². The number of aromatic nitrogens is 2. The highest BCUT2D eigenvalue weighted by Gasteiger charge is 2.44. The molecule has 0 saturated carbocycles. The maximum atomic E-state index is 13.0. The number of ether oxygens (including phenoxy) is 2. The van der Waals surface area contributed by atoms with Crippen LogP contribution in [0.15, 0.2) is 57.9 Å². The Bertz CT molecular complexity index is 1790. The number of aryl methyl sites for hydroxylation is 1. The molecule has 5 aliphatic rings. The number of aliphatic imine (C=N–C) groups is 1. The van der Waals surface area contributed by atoms with E-state index < -0.39 is 18.1 Å². The molecule has 6 bridgehead atoms. The van der Waals surface area contributed by atoms with Crippen molar-refractivity contribution < 1.29 is 28.6 Å². The maximum absolute atomic E-state index is 13.0. The van der Waals surface area contributed by atoms with Crippen LogP contribution in [0.1, 0.15) is 43.0 Å². The van der Waals surface area contributed by atoms with E-state index in [2.05, 4.69) is 6.07 Å². The van der Waals surface area contributed by atoms with Gasteiger partial charge in [-0.25, -0.2) is 19.8 Å². The van der Waals surface area contributed by atoms with Crippen LogP contribution in [0.2, 0.25) is 0 Å². The van der Waals surface area contributed by atoms with Gasteiger partial charge in [-0.3, -0.25) is 4.79 Å². The van der Waals surface area contributed by atoms with E-state index in [0.29, 0.717) is 73.3 Å². The van der Waals surface area contributed by atoms with Gasteiger partial charge in [-0.05, 0) is 48.9 Å². The lowest BCUT2D eigenvalue weighted by Crippen LogP contribution is -2.42. The summed E-state index contributed by atoms with van der Waals surface area (Å²) in [5.74, 6) is 0.912. The number of piperidine rings is 1. The number of carbonyl (C=O) groups excluding carboxylic acids is 1. The third-order valence-electron chi connectivity index (χ3n) is 9.40. The van der Waals surface area contributed by atoms with Crippen molar-refractivity contribution in [3.05, 3.63) is 59.9 Å². The van der Waals surface area contributed by atoms with Gasteiger partial charge in [-0.1, -0.05) is 30.3 Å². The largest absolute Gasteiger partial charge is 0.480 e. The number of hydrogen-bond acceptors (Lipinski definition) is 9. The van der Waals surface area contributed by atoms with Gasteiger partial charge in [0.1, 0.15) is 35.7 Å². The highest BCUT2D eigenvalue weighted by molar-refractivity contribution is 6.06. The molecule has 1 amide bonds. The van der Waals surface area contributed by atoms with Crippen LogP contribution in [0.25, 0.3) is 22.1 Å². The number of carboxylic acid groups (broad SMARTS) is 1. The highest BCUT2D eigenvalue weighted by Crippen LogP contribution is 2.45. The molecule has 2 saturated heterocycles. The summed E-state index contributed by atoms with van der Waals surface area (Å²) in [6, 6.07) is 14.9. The van der Waals surface area contributed by atoms with E-state index in [1.807, 2.05) is 47.4 Å². The normalized spacial score (nSPS) is 25.6. The van der Waals surface area contributed by atoms with Gasteiger partial charge in [0.15, 0.2) is 17.3 Å². The Labute approximate surface area is 253 Å². The Balaban J connectivity index is 1.20. The molecule has 4 aromatic rings. The Hall–Kier alpha value is -4.51. The van der Waals surface area contributed by atoms with Crippen molar-refractivity contribution >= 4 is 51.3 Å². The second-order valence-electron chi connectivity index (χ2n) is 12.1. The number of carbonyl (C=O) groups is 2. The van der Waals surface area contributed by atoms with E-state index in [1.54, 1.807) is 4.90 Å². The van der Waals surface area contributed by atoms with Gasteiger partial charge in [0.05, 0.1) is 18.2 Å². The number of aliphatic carboxylic acids is 1. The number of para-hydroxylation sites is 2. The standard InChI is InChI=1S/C33H33N5O6/c39-27-18-42-15-5-10-26-35-29-22-7-2-4-9-25(22)44-30(29)31(36-26)38-17-20(16-24(38)33(40)41)43-32-28(19-11-13-37(27)14-12-19)21-6-1-3-8-23(21)34-32/h1-4,6-9,19-20,24,28H,5,10-18H2,(H,40,41)/t20-,24-,28?/m0/s1. The summed E-state index contributed by atoms with van der Waals surface area (Å²) >= 11 is 0. The minimum atomic E-state index is -0.943. The van der Waals surface area contributed by atoms with Crippen LogP contribution in [0.3, 0.4) is 0 Å². The molecular formula is C33H33N5O6. The van der Waals surface area contributed by atoms with Crippen LogP contribution in [0, 0.1) is 5.92 Å². The van der Waals surface area contributed by atoms with E-state index in [1.165, 1.54) is 0 Å². The van der Waals surface area contributed by atoms with E-state index >= 15 is 0 Å². The molecule has 1 N–H and O–H groups in total. The molecule has 11 heteroatoms. The number of benzene rings is 2. The van der Waals surface area contributed by atoms with Crippen LogP contribution < -0.4 is 4.90 Å². The Morgan fingerprint density at radius 1 is 1.02 bits per heavy atom. The Morgan fingerprint density at radius 3 is 2.70 bits per heavy atom. The zero-order valence-corrected chi connectivity index (χ0v) is 24.2. The van der Waals surface area contributed by atoms with Gasteiger partial charge >= 0.3 is 5.97 Å². The van der Waals surface area contributed by atoms with Crippen molar-refractivity contribution in [3.8, 4) is 0 Å². The van der Waals surface area contributed by atoms with Crippen LogP contribution in [0.5, 0.6) is 0 Å². The zero-order chi connectivity index (χ0) is 29.8. The van der Waals surface area contributed by atoms with Gasteiger partial charge in [-0.15, -0.1) is 0 Å². The van der Waals surface area contributed by atoms with E-state index in [-0.39, 0.29) is 30.8 Å². The number of carboxylic acids is 1. The highest BCUT2D eigenvalue weighted by atomic mass is 16.5. The minimum Gasteiger partial charge on any atom is -0.480 e. The van der Waals surface area contributed by atoms with Crippen molar-refractivity contribution in [1.82, 2.24) is 14.9 Å². The first-order valence-corrected chi connectivity index (χ1v) is 15.4. The smallest absolute Gasteiger partial charge is 0.326 e. The number of rotatable bonds is 1. The quantitative estimate of drug-likeness (QED) is 0.339. The fourth-order valence-corrected chi connectivity index (χ4v) is 7.24. The maximum Gasteiger partial charge on any atom is 0.326 e. The van der Waals surface area contributed by atoms with Crippen LogP contribution in [-0.2, 0) is 25.5 Å². The van der Waals surface area contributed by atoms with Gasteiger partial charge < -0.3 is 28.8 Å². The molecule has 0 aliphatic carbocycles. The molecule has 2 aromatic heterocycles. The predicted molar refractivity (Wildman–Crippen MR) is 162 cm³/mol. The topological polar surface area (TPSA) is 131 Å². The molecule has 3 atom stereocenters. The molecule has 7 heterocycles. The number of anilines is 1. The van der Waals surface area contributed by atoms with Crippen molar-refractivity contribution in [1.29, 1.82) is 0 Å². The second kappa shape index (κ2) is 10.9. The lowest BCUT2D eigenvalue weighted by Gasteiger charge is -2.35. The first-order valence-electron chi connectivity index (χ1n) is 15.4. The Kier molecular flexibility index (Phi) is 6.70. The lowest BCUT2D eigenvalue weighted by atomic mass is 9.80. The first kappa shape index (κ1) is 27.1. The molecule has 5 aliphatic heterocycles. The molecule has 9 rings (SSSR count). The van der Waals surface area contributed by atoms with Gasteiger partial charge in [-0.2, -0.15) is 0 Å². The van der Waals surface area contributed by atoms with Crippen LogP contribution >= 0.6 is 0 Å². The predicted octanol–water partition coefficient (Wildman–Crippen LogP) is 4.45. The summed E-state index contributed by atoms with van der Waals surface area (Å²) < 4.78 is 18.7. The third kappa shape index (κ3) is 4.66. The lowest BCUT2D eigenvalue weighted by molar-refractivity contribution is -0.139. The molecule has 2 fully saturated rings. The molecule has 11 nitrogen and oxygen atoms in total. The van der Waals surface area contributed by atoms with E-state index in [9.17, 15) is 14.7 Å². The number of furan rings is 1. The summed E-state index contributed by atoms with van der Waals surface area (Å²) in [4.78, 5) is 44.0. The number of nitrogens with zero attached hydrogens (tertiary/aromatic N) is 5. The van der Waals surface area contributed by atoms with Gasteiger partial charge in [0.2, 0.25) is 5.91 Å². The zero-order valence-electron chi connectivity index (χ0n) is 24.2. The van der Waals surface area contributed by atoms with Crippen LogP contribution in [-0.4, -0.2) is 82.7 Å². The average molecular weight is 596 g/mol. The van der Waals surface area contributed by atoms with E-state index in [0.717, 1.165) is 29.5 Å². The van der Waals surface area contributed by atoms with Crippen molar-refractivity contribution in [2.45, 2.75) is 50.2 Å². The summed E-state index contributed by atoms with van der Waals surface area (Å²) in [5, 5.41) is 11.2. The molecule has 2 aromatic carbocycles. The summed E-state index contributed by atoms with van der Waals surface area (Å²) in [6.45, 7) is 2.06. The van der Waals surface area contributed by atoms with E-state index in [4.69, 9.17) is 28.9 Å². The summed E-state index contributed by atoms with van der Waals surface area (Å²) in [6.07, 6.45) is 2.64. The van der Waals surface area contributed by atoms with Crippen LogP contribution in [0.4, 0.5) is 11.5 Å². The first-order chi connectivity index (χ1) is 21.5. The molecule has 44 heavy (non-hydrogen) atoms. The van der Waals surface area contributed by atoms with Gasteiger partial charge in [0, 0.05) is 37.9 Å². The fourth-order valence-electron chi connectivity index (χ4n) is 7.24.